The molecule has 24 heavy (non-hydrogen) atoms. The number of rotatable bonds is 5. The standard InChI is InChI=1S/C19H26N2O3/c1-6-17(22)20-12-14-7-10-16(13(2)11-14)21(15-8-9-15)18(23)24-19(3,4)5/h6-7,10-11,15H,1,8-9,12H2,2-5H3,(H,20,22). The Morgan fingerprint density at radius 3 is 2.54 bits per heavy atom. The average Bonchev–Trinajstić information content (AvgIpc) is 3.30. The summed E-state index contributed by atoms with van der Waals surface area (Å²) in [5, 5.41) is 2.75. The molecule has 0 aliphatic heterocycles. The van der Waals surface area contributed by atoms with Crippen LogP contribution in [0.5, 0.6) is 0 Å². The summed E-state index contributed by atoms with van der Waals surface area (Å²) in [5.74, 6) is -0.204. The van der Waals surface area contributed by atoms with Crippen molar-refractivity contribution in [3.63, 3.8) is 0 Å². The lowest BCUT2D eigenvalue weighted by molar-refractivity contribution is -0.116. The predicted molar refractivity (Wildman–Crippen MR) is 95.0 cm³/mol. The second-order valence-corrected chi connectivity index (χ2v) is 7.12. The average molecular weight is 330 g/mol. The van der Waals surface area contributed by atoms with E-state index in [4.69, 9.17) is 4.74 Å². The number of carbonyl (C=O) groups excluding carboxylic acids is 2. The zero-order valence-electron chi connectivity index (χ0n) is 14.9. The zero-order chi connectivity index (χ0) is 17.9. The fourth-order valence-electron chi connectivity index (χ4n) is 2.45. The van der Waals surface area contributed by atoms with Crippen LogP contribution in [0.25, 0.3) is 0 Å². The first-order chi connectivity index (χ1) is 11.2. The van der Waals surface area contributed by atoms with E-state index in [0.717, 1.165) is 29.7 Å². The fraction of sp³-hybridized carbons (Fsp3) is 0.474. The second-order valence-electron chi connectivity index (χ2n) is 7.12. The van der Waals surface area contributed by atoms with E-state index >= 15 is 0 Å². The first kappa shape index (κ1) is 18.0. The number of hydrogen-bond acceptors (Lipinski definition) is 3. The number of nitrogens with one attached hydrogen (secondary N) is 1. The van der Waals surface area contributed by atoms with Crippen molar-refractivity contribution in [3.05, 3.63) is 42.0 Å². The summed E-state index contributed by atoms with van der Waals surface area (Å²) in [4.78, 5) is 25.6. The van der Waals surface area contributed by atoms with E-state index in [1.165, 1.54) is 6.08 Å². The molecule has 1 saturated carbocycles. The summed E-state index contributed by atoms with van der Waals surface area (Å²) in [5.41, 5.74) is 2.31. The van der Waals surface area contributed by atoms with Gasteiger partial charge < -0.3 is 10.1 Å². The van der Waals surface area contributed by atoms with Crippen molar-refractivity contribution in [2.45, 2.75) is 58.7 Å². The highest BCUT2D eigenvalue weighted by Crippen LogP contribution is 2.35. The van der Waals surface area contributed by atoms with Crippen LogP contribution in [0, 0.1) is 6.92 Å². The van der Waals surface area contributed by atoms with Gasteiger partial charge in [-0.25, -0.2) is 4.79 Å². The van der Waals surface area contributed by atoms with E-state index in [1.807, 2.05) is 45.9 Å². The van der Waals surface area contributed by atoms with Gasteiger partial charge in [-0.05, 0) is 63.8 Å². The molecule has 1 aliphatic rings. The quantitative estimate of drug-likeness (QED) is 0.838. The smallest absolute Gasteiger partial charge is 0.415 e. The van der Waals surface area contributed by atoms with Gasteiger partial charge in [0.2, 0.25) is 5.91 Å². The molecule has 0 radical (unpaired) electrons. The van der Waals surface area contributed by atoms with Gasteiger partial charge in [-0.3, -0.25) is 9.69 Å². The highest BCUT2D eigenvalue weighted by Gasteiger charge is 2.37. The minimum absolute atomic E-state index is 0.204. The summed E-state index contributed by atoms with van der Waals surface area (Å²) in [7, 11) is 0. The number of amides is 2. The monoisotopic (exact) mass is 330 g/mol. The van der Waals surface area contributed by atoms with Gasteiger partial charge in [0.1, 0.15) is 5.60 Å². The Labute approximate surface area is 143 Å². The lowest BCUT2D eigenvalue weighted by Crippen LogP contribution is -2.38. The Morgan fingerprint density at radius 1 is 1.38 bits per heavy atom. The van der Waals surface area contributed by atoms with Crippen LogP contribution in [0.4, 0.5) is 10.5 Å². The molecule has 1 N–H and O–H groups in total. The number of nitrogens with zero attached hydrogens (tertiary/aromatic N) is 1. The molecule has 0 spiro atoms. The largest absolute Gasteiger partial charge is 0.443 e. The lowest BCUT2D eigenvalue weighted by Gasteiger charge is -2.28. The van der Waals surface area contributed by atoms with Gasteiger partial charge in [-0.1, -0.05) is 18.7 Å². The minimum atomic E-state index is -0.521. The van der Waals surface area contributed by atoms with Gasteiger partial charge in [-0.15, -0.1) is 0 Å². The van der Waals surface area contributed by atoms with Gasteiger partial charge in [0, 0.05) is 12.6 Å². The van der Waals surface area contributed by atoms with Crippen molar-refractivity contribution < 1.29 is 14.3 Å². The number of ether oxygens (including phenoxy) is 1. The number of benzene rings is 1. The first-order valence-corrected chi connectivity index (χ1v) is 8.23. The maximum Gasteiger partial charge on any atom is 0.415 e. The van der Waals surface area contributed by atoms with Gasteiger partial charge in [0.15, 0.2) is 0 Å². The maximum absolute atomic E-state index is 12.6. The van der Waals surface area contributed by atoms with Crippen LogP contribution < -0.4 is 10.2 Å². The summed E-state index contributed by atoms with van der Waals surface area (Å²) in [6.07, 6.45) is 2.94. The third-order valence-electron chi connectivity index (χ3n) is 3.68. The Kier molecular flexibility index (Phi) is 5.32. The second kappa shape index (κ2) is 7.07. The molecule has 1 aromatic carbocycles. The number of anilines is 1. The zero-order valence-corrected chi connectivity index (χ0v) is 14.9. The Balaban J connectivity index is 2.17. The lowest BCUT2D eigenvalue weighted by atomic mass is 10.1. The molecular weight excluding hydrogens is 304 g/mol. The molecule has 0 bridgehead atoms. The van der Waals surface area contributed by atoms with Gasteiger partial charge in [-0.2, -0.15) is 0 Å². The molecule has 0 atom stereocenters. The van der Waals surface area contributed by atoms with Crippen molar-refractivity contribution >= 4 is 17.7 Å². The van der Waals surface area contributed by atoms with Gasteiger partial charge >= 0.3 is 6.09 Å². The topological polar surface area (TPSA) is 58.6 Å². The van der Waals surface area contributed by atoms with Crippen molar-refractivity contribution in [2.75, 3.05) is 4.90 Å². The van der Waals surface area contributed by atoms with Gasteiger partial charge in [0.25, 0.3) is 0 Å². The molecule has 2 rings (SSSR count). The van der Waals surface area contributed by atoms with Crippen molar-refractivity contribution in [1.82, 2.24) is 5.32 Å². The molecule has 0 saturated heterocycles. The Hall–Kier alpha value is -2.30. The predicted octanol–water partition coefficient (Wildman–Crippen LogP) is 3.70. The molecule has 0 heterocycles. The summed E-state index contributed by atoms with van der Waals surface area (Å²) in [6.45, 7) is 11.4. The SMILES string of the molecule is C=CC(=O)NCc1ccc(N(C(=O)OC(C)(C)C)C2CC2)c(C)c1. The third kappa shape index (κ3) is 4.85. The number of hydrogen-bond donors (Lipinski definition) is 1. The van der Waals surface area contributed by atoms with Crippen LogP contribution in [0.15, 0.2) is 30.9 Å². The molecule has 5 heteroatoms. The van der Waals surface area contributed by atoms with Crippen molar-refractivity contribution in [3.8, 4) is 0 Å². The summed E-state index contributed by atoms with van der Waals surface area (Å²) >= 11 is 0. The highest BCUT2D eigenvalue weighted by atomic mass is 16.6. The molecule has 0 unspecified atom stereocenters. The molecule has 0 aromatic heterocycles. The van der Waals surface area contributed by atoms with Gasteiger partial charge in [0.05, 0.1) is 5.69 Å². The van der Waals surface area contributed by atoms with Crippen molar-refractivity contribution in [1.29, 1.82) is 0 Å². The van der Waals surface area contributed by atoms with Crippen LogP contribution in [0.3, 0.4) is 0 Å². The van der Waals surface area contributed by atoms with Crippen LogP contribution in [-0.4, -0.2) is 23.6 Å². The highest BCUT2D eigenvalue weighted by molar-refractivity contribution is 5.90. The van der Waals surface area contributed by atoms with E-state index < -0.39 is 5.60 Å². The Bertz CT molecular complexity index is 643. The van der Waals surface area contributed by atoms with Crippen LogP contribution in [0.2, 0.25) is 0 Å². The molecule has 1 aliphatic carbocycles. The molecule has 2 amide bonds. The van der Waals surface area contributed by atoms with E-state index in [2.05, 4.69) is 11.9 Å². The van der Waals surface area contributed by atoms with E-state index in [-0.39, 0.29) is 18.0 Å². The molecule has 130 valence electrons. The normalized spacial score (nSPS) is 14.0. The van der Waals surface area contributed by atoms with Crippen LogP contribution in [0.1, 0.15) is 44.7 Å². The summed E-state index contributed by atoms with van der Waals surface area (Å²) in [6, 6.07) is 6.04. The van der Waals surface area contributed by atoms with E-state index in [1.54, 1.807) is 4.90 Å². The van der Waals surface area contributed by atoms with Crippen LogP contribution >= 0.6 is 0 Å². The molecule has 1 aromatic rings. The van der Waals surface area contributed by atoms with Crippen LogP contribution in [-0.2, 0) is 16.1 Å². The van der Waals surface area contributed by atoms with E-state index in [0.29, 0.717) is 6.54 Å². The number of aryl methyl sites for hydroxylation is 1. The summed E-state index contributed by atoms with van der Waals surface area (Å²) < 4.78 is 5.55. The molecule has 5 nitrogen and oxygen atoms in total. The molecular formula is C19H26N2O3. The number of carbonyl (C=O) groups is 2. The first-order valence-electron chi connectivity index (χ1n) is 8.23. The fourth-order valence-corrected chi connectivity index (χ4v) is 2.45. The minimum Gasteiger partial charge on any atom is -0.443 e. The van der Waals surface area contributed by atoms with E-state index in [9.17, 15) is 9.59 Å². The maximum atomic E-state index is 12.6. The van der Waals surface area contributed by atoms with Crippen molar-refractivity contribution in [2.24, 2.45) is 0 Å². The third-order valence-corrected chi connectivity index (χ3v) is 3.68. The molecule has 1 fully saturated rings. The Morgan fingerprint density at radius 2 is 2.04 bits per heavy atom.